The van der Waals surface area contributed by atoms with E-state index in [0.29, 0.717) is 47.0 Å². The van der Waals surface area contributed by atoms with Crippen molar-refractivity contribution in [2.75, 3.05) is 12.8 Å². The minimum absolute atomic E-state index is 0.354. The first-order chi connectivity index (χ1) is 15.6. The Balaban J connectivity index is 1.66. The topological polar surface area (TPSA) is 66.6 Å². The minimum Gasteiger partial charge on any atom is -0.495 e. The van der Waals surface area contributed by atoms with Crippen LogP contribution in [-0.2, 0) is 13.2 Å². The van der Waals surface area contributed by atoms with Crippen molar-refractivity contribution < 1.29 is 14.2 Å². The third-order valence-corrected chi connectivity index (χ3v) is 5.20. The van der Waals surface area contributed by atoms with Crippen LogP contribution in [0.3, 0.4) is 0 Å². The van der Waals surface area contributed by atoms with Crippen molar-refractivity contribution in [1.29, 1.82) is 0 Å². The molecule has 5 nitrogen and oxygen atoms in total. The molecule has 0 saturated carbocycles. The lowest BCUT2D eigenvalue weighted by atomic mass is 10.1. The van der Waals surface area contributed by atoms with Crippen LogP contribution in [0.5, 0.6) is 17.5 Å². The predicted octanol–water partition coefficient (Wildman–Crippen LogP) is 6.15. The molecule has 4 rings (SSSR count). The quantitative estimate of drug-likeness (QED) is 0.329. The van der Waals surface area contributed by atoms with Gasteiger partial charge >= 0.3 is 0 Å². The summed E-state index contributed by atoms with van der Waals surface area (Å²) in [4.78, 5) is 4.62. The largest absolute Gasteiger partial charge is 0.495 e. The Morgan fingerprint density at radius 2 is 1.41 bits per heavy atom. The summed E-state index contributed by atoms with van der Waals surface area (Å²) in [5.41, 5.74) is 9.96. The molecule has 32 heavy (non-hydrogen) atoms. The van der Waals surface area contributed by atoms with Crippen LogP contribution in [0.15, 0.2) is 84.9 Å². The lowest BCUT2D eigenvalue weighted by molar-refractivity contribution is 0.268. The van der Waals surface area contributed by atoms with E-state index >= 15 is 0 Å². The molecular formula is C26H23ClN2O3. The number of ether oxygens (including phenoxy) is 3. The lowest BCUT2D eigenvalue weighted by Gasteiger charge is -2.15. The molecule has 0 spiro atoms. The minimum atomic E-state index is 0.354. The van der Waals surface area contributed by atoms with E-state index in [2.05, 4.69) is 4.98 Å². The number of anilines is 1. The van der Waals surface area contributed by atoms with E-state index in [9.17, 15) is 0 Å². The normalized spacial score (nSPS) is 10.6. The Hall–Kier alpha value is -3.70. The predicted molar refractivity (Wildman–Crippen MR) is 127 cm³/mol. The van der Waals surface area contributed by atoms with Crippen molar-refractivity contribution in [2.45, 2.75) is 13.2 Å². The average molecular weight is 447 g/mol. The van der Waals surface area contributed by atoms with E-state index in [0.717, 1.165) is 16.7 Å². The second-order valence-electron chi connectivity index (χ2n) is 7.12. The number of aromatic nitrogens is 1. The van der Waals surface area contributed by atoms with E-state index in [-0.39, 0.29) is 0 Å². The zero-order valence-electron chi connectivity index (χ0n) is 17.6. The number of nitrogens with two attached hydrogens (primary N) is 1. The Labute approximate surface area is 192 Å². The molecular weight excluding hydrogens is 424 g/mol. The molecule has 0 aliphatic heterocycles. The number of pyridine rings is 1. The van der Waals surface area contributed by atoms with Gasteiger partial charge in [0.2, 0.25) is 11.8 Å². The third kappa shape index (κ3) is 5.13. The summed E-state index contributed by atoms with van der Waals surface area (Å²) in [6, 6.07) is 26.9. The highest BCUT2D eigenvalue weighted by Crippen LogP contribution is 2.40. The second-order valence-corrected chi connectivity index (χ2v) is 7.53. The van der Waals surface area contributed by atoms with E-state index in [1.807, 2.05) is 66.7 Å². The van der Waals surface area contributed by atoms with Crippen LogP contribution in [0.25, 0.3) is 11.1 Å². The van der Waals surface area contributed by atoms with Gasteiger partial charge in [-0.25, -0.2) is 0 Å². The molecule has 1 aromatic heterocycles. The first kappa shape index (κ1) is 21.5. The van der Waals surface area contributed by atoms with Crippen LogP contribution in [-0.4, -0.2) is 12.1 Å². The summed E-state index contributed by atoms with van der Waals surface area (Å²) in [6.07, 6.45) is 0. The van der Waals surface area contributed by atoms with E-state index in [1.165, 1.54) is 0 Å². The van der Waals surface area contributed by atoms with Gasteiger partial charge in [0.15, 0.2) is 0 Å². The number of methoxy groups -OCH3 is 1. The van der Waals surface area contributed by atoms with Crippen molar-refractivity contribution in [2.24, 2.45) is 0 Å². The maximum atomic E-state index is 6.51. The number of halogens is 1. The number of hydrogen-bond donors (Lipinski definition) is 1. The summed E-state index contributed by atoms with van der Waals surface area (Å²) in [5.74, 6) is 1.40. The summed E-state index contributed by atoms with van der Waals surface area (Å²) < 4.78 is 17.4. The second kappa shape index (κ2) is 10.1. The van der Waals surface area contributed by atoms with Gasteiger partial charge in [0.1, 0.15) is 19.0 Å². The molecule has 6 heteroatoms. The fourth-order valence-corrected chi connectivity index (χ4v) is 3.50. The maximum absolute atomic E-state index is 6.51. The van der Waals surface area contributed by atoms with Crippen molar-refractivity contribution in [3.8, 4) is 28.6 Å². The van der Waals surface area contributed by atoms with E-state index in [1.54, 1.807) is 25.3 Å². The summed E-state index contributed by atoms with van der Waals surface area (Å²) in [5, 5.41) is 0.479. The first-order valence-electron chi connectivity index (χ1n) is 10.1. The van der Waals surface area contributed by atoms with Gasteiger partial charge in [0, 0.05) is 17.2 Å². The van der Waals surface area contributed by atoms with Gasteiger partial charge < -0.3 is 19.9 Å². The summed E-state index contributed by atoms with van der Waals surface area (Å²) >= 11 is 6.51. The summed E-state index contributed by atoms with van der Waals surface area (Å²) in [6.45, 7) is 0.758. The Morgan fingerprint density at radius 3 is 2.03 bits per heavy atom. The monoisotopic (exact) mass is 446 g/mol. The number of nitrogens with zero attached hydrogens (tertiary/aromatic N) is 1. The highest BCUT2D eigenvalue weighted by molar-refractivity contribution is 6.33. The number of benzene rings is 3. The molecule has 0 amide bonds. The zero-order chi connectivity index (χ0) is 22.3. The third-order valence-electron chi connectivity index (χ3n) is 4.89. The van der Waals surface area contributed by atoms with Gasteiger partial charge in [-0.05, 0) is 29.3 Å². The standard InChI is InChI=1S/C26H23ClN2O3/c1-30-24-14-21(22(27)15-23(24)28)20-12-13-25(31-16-18-8-4-2-5-9-18)29-26(20)32-17-19-10-6-3-7-11-19/h2-15H,16-17,28H2,1H3. The van der Waals surface area contributed by atoms with Gasteiger partial charge in [0.05, 0.1) is 17.8 Å². The molecule has 162 valence electrons. The fraction of sp³-hybridized carbons (Fsp3) is 0.115. The highest BCUT2D eigenvalue weighted by Gasteiger charge is 2.16. The number of hydrogen-bond acceptors (Lipinski definition) is 5. The van der Waals surface area contributed by atoms with Gasteiger partial charge in [-0.3, -0.25) is 0 Å². The van der Waals surface area contributed by atoms with Crippen molar-refractivity contribution in [3.63, 3.8) is 0 Å². The lowest BCUT2D eigenvalue weighted by Crippen LogP contribution is -2.03. The summed E-state index contributed by atoms with van der Waals surface area (Å²) in [7, 11) is 1.56. The molecule has 2 N–H and O–H groups in total. The molecule has 0 aliphatic carbocycles. The molecule has 0 bridgehead atoms. The van der Waals surface area contributed by atoms with Crippen molar-refractivity contribution in [1.82, 2.24) is 4.98 Å². The van der Waals surface area contributed by atoms with Gasteiger partial charge in [-0.2, -0.15) is 4.98 Å². The number of nitrogen functional groups attached to an aromatic ring is 1. The molecule has 3 aromatic carbocycles. The molecule has 0 fully saturated rings. The fourth-order valence-electron chi connectivity index (χ4n) is 3.23. The van der Waals surface area contributed by atoms with E-state index in [4.69, 9.17) is 31.5 Å². The first-order valence-corrected chi connectivity index (χ1v) is 10.5. The molecule has 0 radical (unpaired) electrons. The Bertz CT molecular complexity index is 1180. The Morgan fingerprint density at radius 1 is 0.781 bits per heavy atom. The van der Waals surface area contributed by atoms with Crippen LogP contribution in [0.2, 0.25) is 5.02 Å². The molecule has 0 saturated heterocycles. The molecule has 0 atom stereocenters. The number of rotatable bonds is 8. The van der Waals surface area contributed by atoms with Gasteiger partial charge in [-0.1, -0.05) is 72.3 Å². The van der Waals surface area contributed by atoms with E-state index < -0.39 is 0 Å². The van der Waals surface area contributed by atoms with Crippen LogP contribution in [0, 0.1) is 0 Å². The van der Waals surface area contributed by atoms with Crippen LogP contribution < -0.4 is 19.9 Å². The van der Waals surface area contributed by atoms with Crippen LogP contribution in [0.1, 0.15) is 11.1 Å². The van der Waals surface area contributed by atoms with Crippen molar-refractivity contribution in [3.05, 3.63) is 101 Å². The SMILES string of the molecule is COc1cc(-c2ccc(OCc3ccccc3)nc2OCc2ccccc2)c(Cl)cc1N. The molecule has 0 aliphatic rings. The maximum Gasteiger partial charge on any atom is 0.225 e. The zero-order valence-corrected chi connectivity index (χ0v) is 18.4. The Kier molecular flexibility index (Phi) is 6.78. The van der Waals surface area contributed by atoms with Crippen LogP contribution >= 0.6 is 11.6 Å². The van der Waals surface area contributed by atoms with Crippen molar-refractivity contribution >= 4 is 17.3 Å². The average Bonchev–Trinajstić information content (AvgIpc) is 2.83. The molecule has 1 heterocycles. The van der Waals surface area contributed by atoms with Crippen LogP contribution in [0.4, 0.5) is 5.69 Å². The van der Waals surface area contributed by atoms with Gasteiger partial charge in [-0.15, -0.1) is 0 Å². The molecule has 4 aromatic rings. The smallest absolute Gasteiger partial charge is 0.225 e. The van der Waals surface area contributed by atoms with Gasteiger partial charge in [0.25, 0.3) is 0 Å². The molecule has 0 unspecified atom stereocenters. The highest BCUT2D eigenvalue weighted by atomic mass is 35.5.